The number of aliphatic hydroxyl groups is 1. The maximum absolute atomic E-state index is 15.2. The summed E-state index contributed by atoms with van der Waals surface area (Å²) in [4.78, 5) is 41.5. The maximum Gasteiger partial charge on any atom is 0.510 e. The number of ether oxygens (including phenoxy) is 5. The Balaban J connectivity index is 2.25. The van der Waals surface area contributed by atoms with Crippen LogP contribution in [0.15, 0.2) is 22.2 Å². The third-order valence-corrected chi connectivity index (χ3v) is 6.19. The maximum atomic E-state index is 15.2. The number of carbonyl (C=O) groups excluding carboxylic acids is 2. The highest BCUT2D eigenvalue weighted by atomic mass is 31.2. The minimum atomic E-state index is -4.89. The van der Waals surface area contributed by atoms with E-state index in [4.69, 9.17) is 39.0 Å². The third-order valence-electron chi connectivity index (χ3n) is 4.90. The number of phosphoric acid groups is 1. The number of rotatable bonds is 14. The fraction of sp³-hybridized carbons (Fsp3) is 0.700. The predicted molar refractivity (Wildman–Crippen MR) is 132 cm³/mol. The highest BCUT2D eigenvalue weighted by Gasteiger charge is 2.57. The highest BCUT2D eigenvalue weighted by molar-refractivity contribution is 7.48. The topological polar surface area (TPSA) is 255 Å². The number of aromatic nitrogens is 2. The molecule has 0 bridgehead atoms. The van der Waals surface area contributed by atoms with Gasteiger partial charge in [-0.15, -0.1) is 0 Å². The van der Waals surface area contributed by atoms with Crippen LogP contribution in [0.4, 0.5) is 19.8 Å². The standard InChI is InChI=1S/C20H30FN6O13P/c1-11(2)38-18(30)33-9-36-41(32,37-10-34-19(31)39-12(3)4)35-8-20(7-24-26-23)15(28)14(21)16(40-20)27-6-5-13(22)25-17(27)29/h5-6,11-12,14-16,28H,7-10H2,1-4H3,(H2,22,25,29)/t14-,15+,16-,20-/m1/s1. The van der Waals surface area contributed by atoms with Crippen molar-refractivity contribution in [2.75, 3.05) is 32.5 Å². The zero-order chi connectivity index (χ0) is 30.8. The van der Waals surface area contributed by atoms with Crippen molar-refractivity contribution in [2.24, 2.45) is 5.11 Å². The van der Waals surface area contributed by atoms with Gasteiger partial charge in [0.1, 0.15) is 17.5 Å². The molecule has 21 heteroatoms. The molecule has 1 aromatic heterocycles. The molecule has 0 unspecified atom stereocenters. The smallest absolute Gasteiger partial charge is 0.432 e. The van der Waals surface area contributed by atoms with E-state index in [1.165, 1.54) is 27.7 Å². The number of phosphoric ester groups is 1. The Morgan fingerprint density at radius 3 is 2.27 bits per heavy atom. The molecule has 0 radical (unpaired) electrons. The molecule has 0 spiro atoms. The Hall–Kier alpha value is -3.51. The van der Waals surface area contributed by atoms with Crippen molar-refractivity contribution in [1.29, 1.82) is 0 Å². The lowest BCUT2D eigenvalue weighted by molar-refractivity contribution is -0.125. The summed E-state index contributed by atoms with van der Waals surface area (Å²) in [5.74, 6) is -0.168. The molecule has 1 aromatic rings. The number of aliphatic hydroxyl groups excluding tert-OH is 1. The molecule has 1 saturated heterocycles. The summed E-state index contributed by atoms with van der Waals surface area (Å²) in [6.07, 6.45) is -8.75. The van der Waals surface area contributed by atoms with Gasteiger partial charge in [-0.2, -0.15) is 4.98 Å². The molecule has 2 heterocycles. The Bertz CT molecular complexity index is 1180. The van der Waals surface area contributed by atoms with E-state index in [2.05, 4.69) is 24.5 Å². The van der Waals surface area contributed by atoms with E-state index in [0.717, 1.165) is 12.3 Å². The SMILES string of the molecule is CC(C)OC(=O)OCOP(=O)(OCOC(=O)OC(C)C)OC[C@@]1(CN=[N+]=[N-])O[C@@H](n2ccc(N)nc2=O)[C@H](F)[C@@H]1O. The van der Waals surface area contributed by atoms with Crippen LogP contribution in [0, 0.1) is 0 Å². The first kappa shape index (κ1) is 33.7. The van der Waals surface area contributed by atoms with E-state index in [0.29, 0.717) is 4.57 Å². The van der Waals surface area contributed by atoms with Gasteiger partial charge >= 0.3 is 25.8 Å². The number of carbonyl (C=O) groups is 2. The van der Waals surface area contributed by atoms with Crippen molar-refractivity contribution in [3.05, 3.63) is 33.2 Å². The van der Waals surface area contributed by atoms with Gasteiger partial charge in [-0.25, -0.2) is 32.4 Å². The fourth-order valence-electron chi connectivity index (χ4n) is 3.13. The van der Waals surface area contributed by atoms with Gasteiger partial charge < -0.3 is 34.5 Å². The highest BCUT2D eigenvalue weighted by Crippen LogP contribution is 2.51. The molecule has 0 aliphatic carbocycles. The number of halogens is 1. The minimum Gasteiger partial charge on any atom is -0.432 e. The molecule has 4 atom stereocenters. The average Bonchev–Trinajstić information content (AvgIpc) is 3.11. The summed E-state index contributed by atoms with van der Waals surface area (Å²) >= 11 is 0. The number of azide groups is 1. The molecule has 1 fully saturated rings. The summed E-state index contributed by atoms with van der Waals surface area (Å²) in [5.41, 5.74) is 11.0. The van der Waals surface area contributed by atoms with Crippen molar-refractivity contribution in [3.63, 3.8) is 0 Å². The molecule has 1 aliphatic heterocycles. The lowest BCUT2D eigenvalue weighted by atomic mass is 9.97. The summed E-state index contributed by atoms with van der Waals surface area (Å²) in [6.45, 7) is 2.15. The van der Waals surface area contributed by atoms with E-state index in [1.54, 1.807) is 0 Å². The Morgan fingerprint density at radius 1 is 1.22 bits per heavy atom. The first-order valence-corrected chi connectivity index (χ1v) is 13.2. The van der Waals surface area contributed by atoms with Crippen LogP contribution in [0.3, 0.4) is 0 Å². The summed E-state index contributed by atoms with van der Waals surface area (Å²) in [7, 11) is -4.89. The lowest BCUT2D eigenvalue weighted by Crippen LogP contribution is -2.48. The van der Waals surface area contributed by atoms with Gasteiger partial charge in [0.15, 0.2) is 12.4 Å². The molecule has 19 nitrogen and oxygen atoms in total. The Kier molecular flexibility index (Phi) is 12.3. The molecule has 0 amide bonds. The van der Waals surface area contributed by atoms with E-state index in [1.807, 2.05) is 0 Å². The zero-order valence-electron chi connectivity index (χ0n) is 22.4. The van der Waals surface area contributed by atoms with Gasteiger partial charge in [-0.3, -0.25) is 9.09 Å². The van der Waals surface area contributed by atoms with E-state index in [-0.39, 0.29) is 5.82 Å². The summed E-state index contributed by atoms with van der Waals surface area (Å²) in [6, 6.07) is 1.16. The molecule has 0 saturated carbocycles. The molecular formula is C20H30FN6O13P. The lowest BCUT2D eigenvalue weighted by Gasteiger charge is -2.31. The molecule has 3 N–H and O–H groups in total. The molecule has 41 heavy (non-hydrogen) atoms. The Labute approximate surface area is 231 Å². The number of nitrogens with two attached hydrogens (primary N) is 1. The van der Waals surface area contributed by atoms with E-state index in [9.17, 15) is 24.1 Å². The van der Waals surface area contributed by atoms with Gasteiger partial charge in [0.25, 0.3) is 0 Å². The molecule has 2 rings (SSSR count). The van der Waals surface area contributed by atoms with Crippen LogP contribution in [-0.4, -0.2) is 83.8 Å². The molecule has 0 aromatic carbocycles. The van der Waals surface area contributed by atoms with Crippen LogP contribution >= 0.6 is 7.82 Å². The van der Waals surface area contributed by atoms with Crippen LogP contribution in [0.1, 0.15) is 33.9 Å². The van der Waals surface area contributed by atoms with Crippen molar-refractivity contribution < 1.29 is 60.9 Å². The quantitative estimate of drug-likeness (QED) is 0.0763. The summed E-state index contributed by atoms with van der Waals surface area (Å²) in [5, 5.41) is 14.0. The third kappa shape index (κ3) is 9.82. The zero-order valence-corrected chi connectivity index (χ0v) is 23.2. The molecule has 230 valence electrons. The van der Waals surface area contributed by atoms with Crippen LogP contribution in [0.25, 0.3) is 10.4 Å². The van der Waals surface area contributed by atoms with E-state index >= 15 is 4.39 Å². The van der Waals surface area contributed by atoms with Crippen molar-refractivity contribution in [2.45, 2.75) is 64.0 Å². The number of hydrogen-bond donors (Lipinski definition) is 2. The largest absolute Gasteiger partial charge is 0.510 e. The monoisotopic (exact) mass is 612 g/mol. The van der Waals surface area contributed by atoms with Crippen LogP contribution in [0.2, 0.25) is 0 Å². The van der Waals surface area contributed by atoms with Gasteiger partial charge in [0.2, 0.25) is 13.6 Å². The molecule has 1 aliphatic rings. The normalized spacial score (nSPS) is 22.3. The number of anilines is 1. The van der Waals surface area contributed by atoms with Crippen molar-refractivity contribution >= 4 is 26.0 Å². The van der Waals surface area contributed by atoms with Crippen molar-refractivity contribution in [1.82, 2.24) is 9.55 Å². The first-order valence-electron chi connectivity index (χ1n) is 11.8. The van der Waals surface area contributed by atoms with Gasteiger partial charge in [0, 0.05) is 11.1 Å². The fourth-order valence-corrected chi connectivity index (χ4v) is 4.09. The first-order chi connectivity index (χ1) is 19.2. The second kappa shape index (κ2) is 14.9. The second-order valence-electron chi connectivity index (χ2n) is 8.73. The second-order valence-corrected chi connectivity index (χ2v) is 10.4. The summed E-state index contributed by atoms with van der Waals surface area (Å²) < 4.78 is 68.4. The van der Waals surface area contributed by atoms with Gasteiger partial charge in [0.05, 0.1) is 25.4 Å². The van der Waals surface area contributed by atoms with Crippen LogP contribution < -0.4 is 11.4 Å². The number of nitrogen functional groups attached to an aromatic ring is 1. The Morgan fingerprint density at radius 2 is 1.78 bits per heavy atom. The number of nitrogens with zero attached hydrogens (tertiary/aromatic N) is 5. The van der Waals surface area contributed by atoms with Crippen LogP contribution in [-0.2, 0) is 41.8 Å². The number of hydrogen-bond acceptors (Lipinski definition) is 16. The predicted octanol–water partition coefficient (Wildman–Crippen LogP) is 2.30. The van der Waals surface area contributed by atoms with Crippen molar-refractivity contribution in [3.8, 4) is 0 Å². The number of alkyl halides is 1. The molecular weight excluding hydrogens is 582 g/mol. The van der Waals surface area contributed by atoms with Gasteiger partial charge in [-0.1, -0.05) is 5.11 Å². The average molecular weight is 612 g/mol. The van der Waals surface area contributed by atoms with E-state index < -0.39 is 88.9 Å². The van der Waals surface area contributed by atoms with Crippen LogP contribution in [0.5, 0.6) is 0 Å². The van der Waals surface area contributed by atoms with Gasteiger partial charge in [-0.05, 0) is 39.3 Å². The minimum absolute atomic E-state index is 0.168.